The number of ether oxygens (including phenoxy) is 3. The van der Waals surface area contributed by atoms with Crippen LogP contribution in [0, 0.1) is 0 Å². The molecule has 5 rings (SSSR count). The number of fused-ring (bicyclic) bond motifs is 3. The summed E-state index contributed by atoms with van der Waals surface area (Å²) in [4.78, 5) is 58.6. The zero-order chi connectivity index (χ0) is 42.7. The highest BCUT2D eigenvalue weighted by molar-refractivity contribution is 6.31. The van der Waals surface area contributed by atoms with E-state index in [1.54, 1.807) is 6.92 Å². The standard InChI is InChI=1S/C45H63NO13.ClH/c1-4-5-6-7-8-9-10-11-12-13-14-15-16-17-18-22-34(49)59-46-30-23-35(57-27(2)40(30)50)58-32-25-45(55,33(48)26-47)24-29-37(32)44(54)39-38(42(29)52)41(51)28-20-19-21-31(56-3)36(28)43(39)53;/h19-21,27,30,32,35,40,46-47,50,52,54-55H,4-18,22-26H2,1-3H3;1H/t27?,30?,32-,35?,40?,45-;/m0./s1. The van der Waals surface area contributed by atoms with Crippen LogP contribution in [0.3, 0.4) is 0 Å². The van der Waals surface area contributed by atoms with E-state index in [4.69, 9.17) is 19.0 Å². The Morgan fingerprint density at radius 3 is 2.03 bits per heavy atom. The predicted molar refractivity (Wildman–Crippen MR) is 224 cm³/mol. The molecule has 60 heavy (non-hydrogen) atoms. The molecule has 6 atom stereocenters. The number of aliphatic hydroxyl groups is 3. The van der Waals surface area contributed by atoms with Gasteiger partial charge in [0, 0.05) is 42.4 Å². The van der Waals surface area contributed by atoms with Gasteiger partial charge >= 0.3 is 5.97 Å². The molecule has 0 saturated carbocycles. The number of phenolic OH excluding ortho intramolecular Hbond substituents is 2. The van der Waals surface area contributed by atoms with Crippen LogP contribution in [-0.4, -0.2) is 92.7 Å². The number of hydrogen-bond donors (Lipinski definition) is 6. The molecule has 334 valence electrons. The number of nitrogens with one attached hydrogen (secondary N) is 1. The van der Waals surface area contributed by atoms with Crippen molar-refractivity contribution in [2.75, 3.05) is 13.7 Å². The Bertz CT molecular complexity index is 1800. The van der Waals surface area contributed by atoms with Crippen molar-refractivity contribution in [1.82, 2.24) is 5.48 Å². The number of benzene rings is 2. The lowest BCUT2D eigenvalue weighted by Gasteiger charge is -2.42. The van der Waals surface area contributed by atoms with Crippen LogP contribution in [0.1, 0.15) is 178 Å². The van der Waals surface area contributed by atoms with E-state index in [2.05, 4.69) is 12.4 Å². The maximum absolute atomic E-state index is 13.9. The Hall–Kier alpha value is -3.63. The molecule has 0 aromatic heterocycles. The van der Waals surface area contributed by atoms with E-state index in [-0.39, 0.29) is 53.3 Å². The molecule has 1 heterocycles. The first kappa shape index (κ1) is 49.0. The van der Waals surface area contributed by atoms with Gasteiger partial charge < -0.3 is 44.6 Å². The summed E-state index contributed by atoms with van der Waals surface area (Å²) < 4.78 is 17.5. The molecular formula is C45H64ClNO13. The number of unbranched alkanes of at least 4 members (excludes halogenated alkanes) is 14. The quantitative estimate of drug-likeness (QED) is 0.0329. The molecule has 1 aliphatic heterocycles. The van der Waals surface area contributed by atoms with Gasteiger partial charge in [0.05, 0.1) is 48.2 Å². The highest BCUT2D eigenvalue weighted by Gasteiger charge is 2.50. The minimum Gasteiger partial charge on any atom is -0.507 e. The zero-order valence-corrected chi connectivity index (χ0v) is 36.0. The van der Waals surface area contributed by atoms with Gasteiger partial charge in [-0.3, -0.25) is 19.2 Å². The Morgan fingerprint density at radius 2 is 1.45 bits per heavy atom. The fourth-order valence-corrected chi connectivity index (χ4v) is 8.67. The third-order valence-electron chi connectivity index (χ3n) is 12.1. The van der Waals surface area contributed by atoms with E-state index < -0.39 is 102 Å². The summed E-state index contributed by atoms with van der Waals surface area (Å²) in [5.41, 5.74) is -1.22. The molecule has 0 amide bonds. The number of ketones is 3. The normalized spacial score (nSPS) is 23.3. The number of rotatable bonds is 23. The van der Waals surface area contributed by atoms with E-state index in [0.29, 0.717) is 6.42 Å². The van der Waals surface area contributed by atoms with Crippen LogP contribution >= 0.6 is 12.4 Å². The number of Topliss-reactive ketones (excluding diaryl/α,β-unsaturated/α-hetero) is 1. The van der Waals surface area contributed by atoms with E-state index in [1.165, 1.54) is 95.9 Å². The van der Waals surface area contributed by atoms with Gasteiger partial charge in [-0.25, -0.2) is 0 Å². The van der Waals surface area contributed by atoms with Crippen LogP contribution in [0.2, 0.25) is 0 Å². The molecule has 0 radical (unpaired) electrons. The molecule has 2 aliphatic carbocycles. The molecule has 1 saturated heterocycles. The van der Waals surface area contributed by atoms with Crippen molar-refractivity contribution >= 4 is 35.7 Å². The van der Waals surface area contributed by atoms with Crippen molar-refractivity contribution in [3.8, 4) is 17.2 Å². The molecule has 0 bridgehead atoms. The third kappa shape index (κ3) is 11.4. The van der Waals surface area contributed by atoms with Crippen molar-refractivity contribution in [3.05, 3.63) is 51.6 Å². The molecular weight excluding hydrogens is 798 g/mol. The third-order valence-corrected chi connectivity index (χ3v) is 12.1. The maximum atomic E-state index is 13.9. The highest BCUT2D eigenvalue weighted by Crippen LogP contribution is 2.52. The lowest BCUT2D eigenvalue weighted by atomic mass is 9.72. The first-order chi connectivity index (χ1) is 28.4. The van der Waals surface area contributed by atoms with Crippen molar-refractivity contribution in [3.63, 3.8) is 0 Å². The van der Waals surface area contributed by atoms with Crippen molar-refractivity contribution in [1.29, 1.82) is 0 Å². The van der Waals surface area contributed by atoms with Crippen molar-refractivity contribution in [2.24, 2.45) is 0 Å². The maximum Gasteiger partial charge on any atom is 0.324 e. The Morgan fingerprint density at radius 1 is 0.867 bits per heavy atom. The second-order valence-corrected chi connectivity index (χ2v) is 16.4. The van der Waals surface area contributed by atoms with E-state index in [0.717, 1.165) is 19.3 Å². The summed E-state index contributed by atoms with van der Waals surface area (Å²) in [6.07, 6.45) is 12.4. The van der Waals surface area contributed by atoms with Crippen molar-refractivity contribution < 1.29 is 63.8 Å². The lowest BCUT2D eigenvalue weighted by Crippen LogP contribution is -2.55. The lowest BCUT2D eigenvalue weighted by molar-refractivity contribution is -0.256. The molecule has 3 aliphatic rings. The van der Waals surface area contributed by atoms with Gasteiger partial charge in [-0.15, -0.1) is 17.9 Å². The molecule has 1 fully saturated rings. The summed E-state index contributed by atoms with van der Waals surface area (Å²) in [5, 5.41) is 55.6. The summed E-state index contributed by atoms with van der Waals surface area (Å²) in [6, 6.07) is 3.49. The Labute approximate surface area is 358 Å². The molecule has 4 unspecified atom stereocenters. The van der Waals surface area contributed by atoms with Crippen LogP contribution in [0.4, 0.5) is 0 Å². The Balaban J connectivity index is 0.00000794. The number of phenols is 2. The summed E-state index contributed by atoms with van der Waals surface area (Å²) in [5.74, 6) is -4.42. The number of carbonyl (C=O) groups excluding carboxylic acids is 4. The van der Waals surface area contributed by atoms with Gasteiger partial charge in [0.15, 0.2) is 17.9 Å². The minimum atomic E-state index is -2.31. The molecule has 2 aromatic carbocycles. The highest BCUT2D eigenvalue weighted by atomic mass is 35.5. The van der Waals surface area contributed by atoms with Gasteiger partial charge in [0.2, 0.25) is 5.78 Å². The second kappa shape index (κ2) is 23.0. The largest absolute Gasteiger partial charge is 0.507 e. The monoisotopic (exact) mass is 861 g/mol. The molecule has 14 nitrogen and oxygen atoms in total. The summed E-state index contributed by atoms with van der Waals surface area (Å²) in [6.45, 7) is 2.76. The van der Waals surface area contributed by atoms with Gasteiger partial charge in [-0.2, -0.15) is 0 Å². The van der Waals surface area contributed by atoms with Gasteiger partial charge in [0.25, 0.3) is 0 Å². The molecule has 15 heteroatoms. The number of hydrogen-bond acceptors (Lipinski definition) is 14. The smallest absolute Gasteiger partial charge is 0.324 e. The number of aliphatic hydroxyl groups excluding tert-OH is 2. The average Bonchev–Trinajstić information content (AvgIpc) is 3.22. The number of aromatic hydroxyl groups is 2. The second-order valence-electron chi connectivity index (χ2n) is 16.4. The first-order valence-electron chi connectivity index (χ1n) is 21.5. The van der Waals surface area contributed by atoms with Gasteiger partial charge in [0.1, 0.15) is 29.5 Å². The van der Waals surface area contributed by atoms with Crippen LogP contribution in [-0.2, 0) is 30.3 Å². The van der Waals surface area contributed by atoms with Gasteiger partial charge in [-0.05, 0) is 19.4 Å². The Kier molecular flexibility index (Phi) is 18.8. The van der Waals surface area contributed by atoms with Crippen LogP contribution in [0.25, 0.3) is 0 Å². The molecule has 2 aromatic rings. The zero-order valence-electron chi connectivity index (χ0n) is 35.2. The summed E-state index contributed by atoms with van der Waals surface area (Å²) >= 11 is 0. The fourth-order valence-electron chi connectivity index (χ4n) is 8.67. The fraction of sp³-hybridized carbons (Fsp3) is 0.644. The van der Waals surface area contributed by atoms with Crippen LogP contribution in [0.5, 0.6) is 17.2 Å². The number of carbonyl (C=O) groups is 4. The number of hydroxylamine groups is 1. The van der Waals surface area contributed by atoms with Crippen LogP contribution < -0.4 is 10.2 Å². The van der Waals surface area contributed by atoms with Gasteiger partial charge in [-0.1, -0.05) is 109 Å². The summed E-state index contributed by atoms with van der Waals surface area (Å²) in [7, 11) is 1.32. The number of methoxy groups -OCH3 is 1. The topological polar surface area (TPSA) is 218 Å². The van der Waals surface area contributed by atoms with E-state index in [1.807, 2.05) is 0 Å². The van der Waals surface area contributed by atoms with E-state index in [9.17, 15) is 44.7 Å². The average molecular weight is 862 g/mol. The molecule has 6 N–H and O–H groups in total. The molecule has 0 spiro atoms. The number of halogens is 1. The van der Waals surface area contributed by atoms with Crippen LogP contribution in [0.15, 0.2) is 18.2 Å². The van der Waals surface area contributed by atoms with E-state index >= 15 is 0 Å². The minimum absolute atomic E-state index is 0. The SMILES string of the molecule is CCCCCCCCCCCCCCCCCC(=O)ONC1CC(O[C@H]2C[C@](O)(C(=O)CO)Cc3c(O)c4c(c(O)c32)C(=O)c2c(OC)cccc2C4=O)OC(C)C1O.Cl. The predicted octanol–water partition coefficient (Wildman–Crippen LogP) is 6.77. The first-order valence-corrected chi connectivity index (χ1v) is 21.5. The van der Waals surface area contributed by atoms with Crippen molar-refractivity contribution in [2.45, 2.75) is 172 Å².